The molecule has 0 aliphatic heterocycles. The SMILES string of the molecule is COc1ncc(-c2cnc(N(C(=O)NCC(C)(C)O)C3CCC(Nc4ncc(C(C)(C)C)c(-c5ccn(C(C)C)n5)n4)CC3)cn2)cn1. The zero-order valence-corrected chi connectivity index (χ0v) is 29.1. The number of aromatic nitrogens is 8. The van der Waals surface area contributed by atoms with Crippen LogP contribution >= 0.6 is 0 Å². The molecule has 0 spiro atoms. The molecule has 4 heterocycles. The molecule has 0 radical (unpaired) electrons. The maximum atomic E-state index is 13.6. The number of carbonyl (C=O) groups excluding carboxylic acids is 1. The van der Waals surface area contributed by atoms with E-state index in [2.05, 4.69) is 65.2 Å². The molecule has 48 heavy (non-hydrogen) atoms. The van der Waals surface area contributed by atoms with E-state index in [0.29, 0.717) is 23.0 Å². The molecule has 0 saturated heterocycles. The third-order valence-electron chi connectivity index (χ3n) is 8.25. The first kappa shape index (κ1) is 34.6. The summed E-state index contributed by atoms with van der Waals surface area (Å²) in [5.74, 6) is 0.980. The number of hydrogen-bond donors (Lipinski definition) is 3. The average Bonchev–Trinajstić information content (AvgIpc) is 3.55. The average molecular weight is 658 g/mol. The number of aliphatic hydroxyl groups is 1. The van der Waals surface area contributed by atoms with E-state index in [0.717, 1.165) is 42.6 Å². The van der Waals surface area contributed by atoms with E-state index in [9.17, 15) is 9.90 Å². The van der Waals surface area contributed by atoms with E-state index < -0.39 is 5.60 Å². The number of carbonyl (C=O) groups is 1. The predicted molar refractivity (Wildman–Crippen MR) is 184 cm³/mol. The second kappa shape index (κ2) is 14.2. The van der Waals surface area contributed by atoms with Gasteiger partial charge in [-0.2, -0.15) is 5.10 Å². The van der Waals surface area contributed by atoms with Gasteiger partial charge in [0.2, 0.25) is 5.95 Å². The zero-order chi connectivity index (χ0) is 34.6. The Labute approximate surface area is 281 Å². The van der Waals surface area contributed by atoms with Crippen molar-refractivity contribution in [1.29, 1.82) is 0 Å². The minimum Gasteiger partial charge on any atom is -0.467 e. The highest BCUT2D eigenvalue weighted by Gasteiger charge is 2.32. The van der Waals surface area contributed by atoms with Gasteiger partial charge in [0.05, 0.1) is 36.5 Å². The van der Waals surface area contributed by atoms with Crippen molar-refractivity contribution in [3.63, 3.8) is 0 Å². The summed E-state index contributed by atoms with van der Waals surface area (Å²) in [6.07, 6.45) is 13.3. The number of rotatable bonds is 10. The molecule has 0 aromatic carbocycles. The Morgan fingerprint density at radius 2 is 1.69 bits per heavy atom. The van der Waals surface area contributed by atoms with Gasteiger partial charge in [-0.25, -0.2) is 29.7 Å². The molecule has 1 fully saturated rings. The van der Waals surface area contributed by atoms with Crippen molar-refractivity contribution in [1.82, 2.24) is 45.0 Å². The standard InChI is InChI=1S/C34H47N11O3/c1-21(2)44-14-13-26(43-44)29-25(33(3,4)5)17-37-30(42-29)41-23-9-11-24(12-10-23)45(32(46)40-20-34(6,7)47)28-19-35-27(18-36-28)22-15-38-31(48-8)39-16-22/h13-19,21,23-24,47H,9-12,20H2,1-8H3,(H,40,46)(H,37,41,42). The lowest BCUT2D eigenvalue weighted by Gasteiger charge is -2.36. The maximum Gasteiger partial charge on any atom is 0.323 e. The van der Waals surface area contributed by atoms with Gasteiger partial charge in [0.1, 0.15) is 5.69 Å². The summed E-state index contributed by atoms with van der Waals surface area (Å²) in [4.78, 5) is 42.4. The van der Waals surface area contributed by atoms with Crippen LogP contribution in [0.1, 0.15) is 85.8 Å². The van der Waals surface area contributed by atoms with Gasteiger partial charge < -0.3 is 20.5 Å². The van der Waals surface area contributed by atoms with Crippen LogP contribution in [-0.2, 0) is 5.41 Å². The van der Waals surface area contributed by atoms with Gasteiger partial charge in [0, 0.05) is 60.6 Å². The Balaban J connectivity index is 1.32. The number of ether oxygens (including phenoxy) is 1. The van der Waals surface area contributed by atoms with Crippen molar-refractivity contribution in [2.75, 3.05) is 23.9 Å². The molecule has 1 saturated carbocycles. The highest BCUT2D eigenvalue weighted by atomic mass is 16.5. The molecule has 1 aliphatic rings. The van der Waals surface area contributed by atoms with Crippen LogP contribution in [-0.4, -0.2) is 82.2 Å². The van der Waals surface area contributed by atoms with E-state index in [1.165, 1.54) is 7.11 Å². The Bertz CT molecular complexity index is 1670. The number of nitrogens with one attached hydrogen (secondary N) is 2. The van der Waals surface area contributed by atoms with Crippen molar-refractivity contribution in [3.05, 3.63) is 48.8 Å². The molecule has 5 rings (SSSR count). The first-order valence-corrected chi connectivity index (χ1v) is 16.4. The first-order valence-electron chi connectivity index (χ1n) is 16.4. The molecule has 0 unspecified atom stereocenters. The van der Waals surface area contributed by atoms with Gasteiger partial charge in [-0.15, -0.1) is 0 Å². The monoisotopic (exact) mass is 657 g/mol. The smallest absolute Gasteiger partial charge is 0.323 e. The number of nitrogens with zero attached hydrogens (tertiary/aromatic N) is 9. The normalized spacial score (nSPS) is 16.9. The number of urea groups is 1. The highest BCUT2D eigenvalue weighted by molar-refractivity contribution is 5.91. The third kappa shape index (κ3) is 8.40. The molecule has 3 N–H and O–H groups in total. The molecule has 14 heteroatoms. The third-order valence-corrected chi connectivity index (χ3v) is 8.25. The van der Waals surface area contributed by atoms with Gasteiger partial charge in [0.25, 0.3) is 0 Å². The van der Waals surface area contributed by atoms with Crippen LogP contribution in [0.5, 0.6) is 6.01 Å². The predicted octanol–water partition coefficient (Wildman–Crippen LogP) is 5.18. The second-order valence-corrected chi connectivity index (χ2v) is 14.2. The van der Waals surface area contributed by atoms with Crippen molar-refractivity contribution in [2.24, 2.45) is 0 Å². The summed E-state index contributed by atoms with van der Waals surface area (Å²) < 4.78 is 6.98. The van der Waals surface area contributed by atoms with E-state index in [1.54, 1.807) is 43.5 Å². The van der Waals surface area contributed by atoms with Crippen LogP contribution < -0.4 is 20.3 Å². The minimum atomic E-state index is -1.07. The summed E-state index contributed by atoms with van der Waals surface area (Å²) in [6, 6.07) is 2.16. The molecular formula is C34H47N11O3. The quantitative estimate of drug-likeness (QED) is 0.205. The van der Waals surface area contributed by atoms with Crippen molar-refractivity contribution in [3.8, 4) is 28.7 Å². The minimum absolute atomic E-state index is 0.0908. The lowest BCUT2D eigenvalue weighted by molar-refractivity contribution is 0.0821. The van der Waals surface area contributed by atoms with E-state index in [1.807, 2.05) is 23.1 Å². The van der Waals surface area contributed by atoms with Crippen molar-refractivity contribution >= 4 is 17.8 Å². The Hall–Kier alpha value is -4.72. The fraction of sp³-hybridized carbons (Fsp3) is 0.529. The van der Waals surface area contributed by atoms with E-state index in [-0.39, 0.29) is 42.1 Å². The lowest BCUT2D eigenvalue weighted by Crippen LogP contribution is -2.51. The molecule has 4 aromatic heterocycles. The molecular weight excluding hydrogens is 610 g/mol. The fourth-order valence-corrected chi connectivity index (χ4v) is 5.59. The molecule has 14 nitrogen and oxygen atoms in total. The summed E-state index contributed by atoms with van der Waals surface area (Å²) in [7, 11) is 1.50. The number of amides is 2. The van der Waals surface area contributed by atoms with Crippen LogP contribution in [0.15, 0.2) is 43.2 Å². The van der Waals surface area contributed by atoms with E-state index >= 15 is 0 Å². The van der Waals surface area contributed by atoms with Gasteiger partial charge in [0.15, 0.2) is 5.82 Å². The summed E-state index contributed by atoms with van der Waals surface area (Å²) >= 11 is 0. The van der Waals surface area contributed by atoms with Gasteiger partial charge >= 0.3 is 12.0 Å². The second-order valence-electron chi connectivity index (χ2n) is 14.2. The molecule has 0 bridgehead atoms. The summed E-state index contributed by atoms with van der Waals surface area (Å²) in [6.45, 7) is 14.0. The summed E-state index contributed by atoms with van der Waals surface area (Å²) in [5, 5.41) is 21.5. The van der Waals surface area contributed by atoms with Gasteiger partial charge in [-0.1, -0.05) is 20.8 Å². The Morgan fingerprint density at radius 3 is 2.25 bits per heavy atom. The first-order chi connectivity index (χ1) is 22.7. The Kier molecular flexibility index (Phi) is 10.2. The van der Waals surface area contributed by atoms with Crippen LogP contribution in [0.4, 0.5) is 16.6 Å². The summed E-state index contributed by atoms with van der Waals surface area (Å²) in [5.41, 5.74) is 2.69. The lowest BCUT2D eigenvalue weighted by atomic mass is 9.86. The largest absolute Gasteiger partial charge is 0.467 e. The van der Waals surface area contributed by atoms with Gasteiger partial charge in [-0.05, 0) is 64.9 Å². The zero-order valence-electron chi connectivity index (χ0n) is 29.1. The molecule has 2 amide bonds. The van der Waals surface area contributed by atoms with Crippen molar-refractivity contribution < 1.29 is 14.6 Å². The number of anilines is 2. The topological polar surface area (TPSA) is 169 Å². The van der Waals surface area contributed by atoms with Crippen molar-refractivity contribution in [2.45, 2.75) is 103 Å². The molecule has 0 atom stereocenters. The van der Waals surface area contributed by atoms with Crippen LogP contribution in [0, 0.1) is 0 Å². The highest BCUT2D eigenvalue weighted by Crippen LogP contribution is 2.33. The number of hydrogen-bond acceptors (Lipinski definition) is 11. The maximum absolute atomic E-state index is 13.6. The fourth-order valence-electron chi connectivity index (χ4n) is 5.59. The van der Waals surface area contributed by atoms with Crippen LogP contribution in [0.25, 0.3) is 22.6 Å². The van der Waals surface area contributed by atoms with Gasteiger partial charge in [-0.3, -0.25) is 14.6 Å². The number of methoxy groups -OCH3 is 1. The Morgan fingerprint density at radius 1 is 0.979 bits per heavy atom. The van der Waals surface area contributed by atoms with E-state index in [4.69, 9.17) is 19.8 Å². The molecule has 4 aromatic rings. The van der Waals surface area contributed by atoms with Crippen LogP contribution in [0.3, 0.4) is 0 Å². The van der Waals surface area contributed by atoms with Crippen LogP contribution in [0.2, 0.25) is 0 Å². The molecule has 1 aliphatic carbocycles. The molecule has 256 valence electrons.